The Hall–Kier alpha value is -3.28. The van der Waals surface area contributed by atoms with E-state index in [9.17, 15) is 9.59 Å². The molecule has 0 amide bonds. The number of hydrogen-bond donors (Lipinski definition) is 1. The second-order valence-electron chi connectivity index (χ2n) is 12.0. The SMILES string of the molecule is CCOC(=O)CN1CCN(C(C)(C)c2ccc(CC(=O)c3ncc(C#N)[nH]3)c(C3=CCC(C)(C)CC3)c2)CC1. The number of imidazole rings is 1. The smallest absolute Gasteiger partial charge is 0.320 e. The largest absolute Gasteiger partial charge is 0.465 e. The van der Waals surface area contributed by atoms with Gasteiger partial charge in [0, 0.05) is 38.1 Å². The van der Waals surface area contributed by atoms with Crippen molar-refractivity contribution in [3.05, 3.63) is 58.7 Å². The van der Waals surface area contributed by atoms with Gasteiger partial charge in [-0.1, -0.05) is 32.1 Å². The number of hydrogen-bond acceptors (Lipinski definition) is 7. The van der Waals surface area contributed by atoms with Crippen LogP contribution in [0.5, 0.6) is 0 Å². The van der Waals surface area contributed by atoms with Crippen molar-refractivity contribution in [1.29, 1.82) is 5.26 Å². The van der Waals surface area contributed by atoms with E-state index in [1.54, 1.807) is 0 Å². The maximum atomic E-state index is 13.1. The van der Waals surface area contributed by atoms with Gasteiger partial charge in [0.1, 0.15) is 11.8 Å². The van der Waals surface area contributed by atoms with E-state index < -0.39 is 0 Å². The first-order chi connectivity index (χ1) is 18.5. The molecule has 1 aliphatic carbocycles. The highest BCUT2D eigenvalue weighted by Crippen LogP contribution is 2.40. The van der Waals surface area contributed by atoms with Crippen molar-refractivity contribution in [3.8, 4) is 6.07 Å². The molecule has 1 aromatic carbocycles. The number of allylic oxidation sites excluding steroid dienone is 2. The Morgan fingerprint density at radius 2 is 1.95 bits per heavy atom. The minimum absolute atomic E-state index is 0.126. The van der Waals surface area contributed by atoms with E-state index in [-0.39, 0.29) is 40.6 Å². The van der Waals surface area contributed by atoms with Crippen LogP contribution in [-0.4, -0.2) is 70.9 Å². The predicted molar refractivity (Wildman–Crippen MR) is 151 cm³/mol. The Labute approximate surface area is 232 Å². The van der Waals surface area contributed by atoms with E-state index in [1.807, 2.05) is 13.0 Å². The number of aromatic nitrogens is 2. The Morgan fingerprint density at radius 3 is 2.56 bits per heavy atom. The normalized spacial score (nSPS) is 18.3. The van der Waals surface area contributed by atoms with Crippen LogP contribution in [0.2, 0.25) is 0 Å². The zero-order valence-corrected chi connectivity index (χ0v) is 24.0. The molecule has 2 aromatic rings. The van der Waals surface area contributed by atoms with E-state index in [1.165, 1.54) is 17.3 Å². The first-order valence-corrected chi connectivity index (χ1v) is 14.0. The van der Waals surface area contributed by atoms with E-state index in [2.05, 4.69) is 71.7 Å². The molecule has 0 atom stereocenters. The van der Waals surface area contributed by atoms with Gasteiger partial charge >= 0.3 is 5.97 Å². The molecule has 0 spiro atoms. The molecule has 1 fully saturated rings. The highest BCUT2D eigenvalue weighted by molar-refractivity contribution is 5.95. The topological polar surface area (TPSA) is 102 Å². The summed E-state index contributed by atoms with van der Waals surface area (Å²) in [4.78, 5) is 36.6. The molecule has 1 N–H and O–H groups in total. The van der Waals surface area contributed by atoms with Crippen molar-refractivity contribution in [2.24, 2.45) is 5.41 Å². The highest BCUT2D eigenvalue weighted by Gasteiger charge is 2.33. The summed E-state index contributed by atoms with van der Waals surface area (Å²) in [6.45, 7) is 15.0. The second-order valence-corrected chi connectivity index (χ2v) is 12.0. The van der Waals surface area contributed by atoms with Crippen LogP contribution in [0.25, 0.3) is 5.57 Å². The average molecular weight is 532 g/mol. The standard InChI is InChI=1S/C31H41N5O3/c1-6-39-28(38)21-35-13-15-36(16-14-35)31(4,5)24-8-7-23(17-27(37)29-33-20-25(19-32)34-29)26(18-24)22-9-11-30(2,3)12-10-22/h7-9,18,20H,6,10-17,21H2,1-5H3,(H,33,34). The van der Waals surface area contributed by atoms with Gasteiger partial charge in [0.15, 0.2) is 5.82 Å². The van der Waals surface area contributed by atoms with Crippen molar-refractivity contribution >= 4 is 17.3 Å². The van der Waals surface area contributed by atoms with Gasteiger partial charge in [-0.25, -0.2) is 4.98 Å². The first kappa shape index (κ1) is 28.7. The van der Waals surface area contributed by atoms with Gasteiger partial charge in [-0.2, -0.15) is 5.26 Å². The lowest BCUT2D eigenvalue weighted by Gasteiger charge is -2.44. The number of rotatable bonds is 9. The number of carbonyl (C=O) groups is 2. The predicted octanol–water partition coefficient (Wildman–Crippen LogP) is 4.72. The number of nitrogens with one attached hydrogen (secondary N) is 1. The molecule has 2 aliphatic rings. The van der Waals surface area contributed by atoms with Crippen LogP contribution in [0.4, 0.5) is 0 Å². The van der Waals surface area contributed by atoms with Crippen molar-refractivity contribution in [2.75, 3.05) is 39.3 Å². The van der Waals surface area contributed by atoms with E-state index in [0.717, 1.165) is 56.6 Å². The fraction of sp³-hybridized carbons (Fsp3) is 0.548. The third-order valence-corrected chi connectivity index (χ3v) is 8.27. The molecule has 1 aliphatic heterocycles. The Balaban J connectivity index is 1.57. The number of ether oxygens (including phenoxy) is 1. The van der Waals surface area contributed by atoms with Crippen LogP contribution in [0, 0.1) is 16.7 Å². The van der Waals surface area contributed by atoms with Crippen LogP contribution in [-0.2, 0) is 21.5 Å². The number of ketones is 1. The molecular weight excluding hydrogens is 490 g/mol. The summed E-state index contributed by atoms with van der Waals surface area (Å²) in [5, 5.41) is 9.10. The average Bonchev–Trinajstić information content (AvgIpc) is 3.39. The molecular formula is C31H41N5O3. The molecule has 208 valence electrons. The molecule has 8 heteroatoms. The summed E-state index contributed by atoms with van der Waals surface area (Å²) in [6, 6.07) is 8.52. The zero-order valence-electron chi connectivity index (χ0n) is 24.0. The Kier molecular flexibility index (Phi) is 8.73. The zero-order chi connectivity index (χ0) is 28.2. The summed E-state index contributed by atoms with van der Waals surface area (Å²) in [5.74, 6) is -0.0668. The van der Waals surface area contributed by atoms with Crippen LogP contribution < -0.4 is 0 Å². The quantitative estimate of drug-likeness (QED) is 0.369. The number of benzene rings is 1. The van der Waals surface area contributed by atoms with Gasteiger partial charge < -0.3 is 9.72 Å². The van der Waals surface area contributed by atoms with Gasteiger partial charge in [-0.15, -0.1) is 0 Å². The molecule has 1 saturated heterocycles. The summed E-state index contributed by atoms with van der Waals surface area (Å²) in [7, 11) is 0. The molecule has 0 unspecified atom stereocenters. The van der Waals surface area contributed by atoms with E-state index >= 15 is 0 Å². The maximum Gasteiger partial charge on any atom is 0.320 e. The van der Waals surface area contributed by atoms with Crippen LogP contribution in [0.15, 0.2) is 30.5 Å². The van der Waals surface area contributed by atoms with Gasteiger partial charge in [-0.05, 0) is 73.8 Å². The lowest BCUT2D eigenvalue weighted by molar-refractivity contribution is -0.145. The van der Waals surface area contributed by atoms with Gasteiger partial charge in [0.05, 0.1) is 19.3 Å². The third kappa shape index (κ3) is 6.84. The number of Topliss-reactive ketones (excluding diaryl/α,β-unsaturated/α-hetero) is 1. The molecule has 39 heavy (non-hydrogen) atoms. The minimum Gasteiger partial charge on any atom is -0.465 e. The van der Waals surface area contributed by atoms with Gasteiger partial charge in [-0.3, -0.25) is 19.4 Å². The number of esters is 1. The highest BCUT2D eigenvalue weighted by atomic mass is 16.5. The molecule has 0 bridgehead atoms. The number of carbonyl (C=O) groups excluding carboxylic acids is 2. The van der Waals surface area contributed by atoms with Crippen LogP contribution >= 0.6 is 0 Å². The molecule has 8 nitrogen and oxygen atoms in total. The first-order valence-electron chi connectivity index (χ1n) is 14.0. The number of H-pyrrole nitrogens is 1. The molecule has 2 heterocycles. The monoisotopic (exact) mass is 531 g/mol. The van der Waals surface area contributed by atoms with Crippen molar-refractivity contribution in [2.45, 2.75) is 65.8 Å². The number of nitrogens with zero attached hydrogens (tertiary/aromatic N) is 4. The fourth-order valence-electron chi connectivity index (χ4n) is 5.54. The maximum absolute atomic E-state index is 13.1. The Bertz CT molecular complexity index is 1280. The summed E-state index contributed by atoms with van der Waals surface area (Å²) >= 11 is 0. The van der Waals surface area contributed by atoms with Crippen molar-refractivity contribution < 1.29 is 14.3 Å². The summed E-state index contributed by atoms with van der Waals surface area (Å²) in [6.07, 6.45) is 7.06. The number of aromatic amines is 1. The minimum atomic E-state index is -0.218. The molecule has 4 rings (SSSR count). The molecule has 0 radical (unpaired) electrons. The van der Waals surface area contributed by atoms with Crippen molar-refractivity contribution in [3.63, 3.8) is 0 Å². The fourth-order valence-corrected chi connectivity index (χ4v) is 5.54. The van der Waals surface area contributed by atoms with Crippen LogP contribution in [0.1, 0.15) is 86.9 Å². The number of piperazine rings is 1. The van der Waals surface area contributed by atoms with E-state index in [0.29, 0.717) is 13.2 Å². The lowest BCUT2D eigenvalue weighted by Crippen LogP contribution is -2.54. The second kappa shape index (κ2) is 11.8. The van der Waals surface area contributed by atoms with Gasteiger partial charge in [0.25, 0.3) is 0 Å². The van der Waals surface area contributed by atoms with Crippen molar-refractivity contribution in [1.82, 2.24) is 19.8 Å². The van der Waals surface area contributed by atoms with Gasteiger partial charge in [0.2, 0.25) is 5.78 Å². The summed E-state index contributed by atoms with van der Waals surface area (Å²) < 4.78 is 5.12. The van der Waals surface area contributed by atoms with E-state index in [4.69, 9.17) is 10.00 Å². The molecule has 1 aromatic heterocycles. The lowest BCUT2D eigenvalue weighted by atomic mass is 9.75. The number of nitriles is 1. The van der Waals surface area contributed by atoms with Crippen LogP contribution in [0.3, 0.4) is 0 Å². The Morgan fingerprint density at radius 1 is 1.21 bits per heavy atom. The summed E-state index contributed by atoms with van der Waals surface area (Å²) in [5.41, 5.74) is 4.98. The molecule has 0 saturated carbocycles. The third-order valence-electron chi connectivity index (χ3n) is 8.27.